The van der Waals surface area contributed by atoms with Gasteiger partial charge in [0.2, 0.25) is 5.91 Å². The molecule has 2 N–H and O–H groups in total. The van der Waals surface area contributed by atoms with Gasteiger partial charge in [0.1, 0.15) is 5.75 Å². The van der Waals surface area contributed by atoms with Crippen molar-refractivity contribution in [3.63, 3.8) is 0 Å². The maximum Gasteiger partial charge on any atom is 0.341 e. The molecule has 0 unspecified atom stereocenters. The SMILES string of the molecule is CC(C)OCCC(=O)NCCc1ccc(OCC(=O)O)cc1. The van der Waals surface area contributed by atoms with Crippen LogP contribution < -0.4 is 10.1 Å². The highest BCUT2D eigenvalue weighted by atomic mass is 16.5. The number of hydrogen-bond donors (Lipinski definition) is 2. The number of rotatable bonds is 10. The minimum Gasteiger partial charge on any atom is -0.482 e. The van der Waals surface area contributed by atoms with Crippen LogP contribution in [0.5, 0.6) is 5.75 Å². The Hall–Kier alpha value is -2.08. The Balaban J connectivity index is 2.21. The van der Waals surface area contributed by atoms with Gasteiger partial charge >= 0.3 is 5.97 Å². The highest BCUT2D eigenvalue weighted by Crippen LogP contribution is 2.12. The number of amides is 1. The molecule has 0 spiro atoms. The number of benzene rings is 1. The Morgan fingerprint density at radius 1 is 1.23 bits per heavy atom. The lowest BCUT2D eigenvalue weighted by Gasteiger charge is -2.08. The van der Waals surface area contributed by atoms with Crippen LogP contribution >= 0.6 is 0 Å². The van der Waals surface area contributed by atoms with Crippen LogP contribution in [0.25, 0.3) is 0 Å². The van der Waals surface area contributed by atoms with Gasteiger partial charge in [-0.15, -0.1) is 0 Å². The van der Waals surface area contributed by atoms with E-state index < -0.39 is 5.97 Å². The highest BCUT2D eigenvalue weighted by molar-refractivity contribution is 5.75. The van der Waals surface area contributed by atoms with E-state index in [1.165, 1.54) is 0 Å². The Morgan fingerprint density at radius 3 is 2.50 bits per heavy atom. The topological polar surface area (TPSA) is 84.9 Å². The van der Waals surface area contributed by atoms with E-state index in [0.29, 0.717) is 31.7 Å². The van der Waals surface area contributed by atoms with Crippen molar-refractivity contribution >= 4 is 11.9 Å². The molecule has 0 aromatic heterocycles. The summed E-state index contributed by atoms with van der Waals surface area (Å²) in [6, 6.07) is 7.14. The fourth-order valence-electron chi connectivity index (χ4n) is 1.72. The molecule has 0 radical (unpaired) electrons. The average molecular weight is 309 g/mol. The van der Waals surface area contributed by atoms with Crippen molar-refractivity contribution in [2.45, 2.75) is 32.8 Å². The fourth-order valence-corrected chi connectivity index (χ4v) is 1.72. The van der Waals surface area contributed by atoms with Gasteiger partial charge in [-0.1, -0.05) is 12.1 Å². The third kappa shape index (κ3) is 8.26. The van der Waals surface area contributed by atoms with E-state index in [1.54, 1.807) is 12.1 Å². The largest absolute Gasteiger partial charge is 0.482 e. The third-order valence-electron chi connectivity index (χ3n) is 2.80. The van der Waals surface area contributed by atoms with Crippen LogP contribution in [-0.4, -0.2) is 42.8 Å². The smallest absolute Gasteiger partial charge is 0.341 e. The van der Waals surface area contributed by atoms with Crippen molar-refractivity contribution in [2.75, 3.05) is 19.8 Å². The minimum atomic E-state index is -1.01. The number of ether oxygens (including phenoxy) is 2. The molecule has 0 bridgehead atoms. The van der Waals surface area contributed by atoms with Gasteiger partial charge in [-0.25, -0.2) is 4.79 Å². The summed E-state index contributed by atoms with van der Waals surface area (Å²) >= 11 is 0. The molecule has 22 heavy (non-hydrogen) atoms. The zero-order chi connectivity index (χ0) is 16.4. The first-order valence-corrected chi connectivity index (χ1v) is 7.29. The summed E-state index contributed by atoms with van der Waals surface area (Å²) in [5.41, 5.74) is 1.04. The molecule has 0 aliphatic heterocycles. The number of hydrogen-bond acceptors (Lipinski definition) is 4. The van der Waals surface area contributed by atoms with Gasteiger partial charge in [-0.05, 0) is 38.0 Å². The molecule has 0 fully saturated rings. The molecule has 1 aromatic rings. The molecule has 1 aromatic carbocycles. The average Bonchev–Trinajstić information content (AvgIpc) is 2.46. The van der Waals surface area contributed by atoms with Gasteiger partial charge < -0.3 is 19.9 Å². The van der Waals surface area contributed by atoms with Crippen LogP contribution in [0.1, 0.15) is 25.8 Å². The van der Waals surface area contributed by atoms with E-state index in [2.05, 4.69) is 5.32 Å². The van der Waals surface area contributed by atoms with Crippen molar-refractivity contribution in [3.8, 4) is 5.75 Å². The molecule has 1 rings (SSSR count). The van der Waals surface area contributed by atoms with E-state index in [0.717, 1.165) is 5.56 Å². The molecule has 1 amide bonds. The Kier molecular flexibility index (Phi) is 7.99. The summed E-state index contributed by atoms with van der Waals surface area (Å²) in [7, 11) is 0. The van der Waals surface area contributed by atoms with Crippen LogP contribution in [-0.2, 0) is 20.7 Å². The fraction of sp³-hybridized carbons (Fsp3) is 0.500. The first-order valence-electron chi connectivity index (χ1n) is 7.29. The molecule has 6 heteroatoms. The second-order valence-corrected chi connectivity index (χ2v) is 5.10. The Labute approximate surface area is 130 Å². The van der Waals surface area contributed by atoms with Crippen molar-refractivity contribution in [3.05, 3.63) is 29.8 Å². The number of nitrogens with one attached hydrogen (secondary N) is 1. The van der Waals surface area contributed by atoms with Crippen molar-refractivity contribution in [2.24, 2.45) is 0 Å². The first-order chi connectivity index (χ1) is 10.5. The highest BCUT2D eigenvalue weighted by Gasteiger charge is 2.03. The number of carbonyl (C=O) groups is 2. The number of carbonyl (C=O) groups excluding carboxylic acids is 1. The lowest BCUT2D eigenvalue weighted by atomic mass is 10.1. The molecular weight excluding hydrogens is 286 g/mol. The van der Waals surface area contributed by atoms with E-state index in [-0.39, 0.29) is 18.6 Å². The molecule has 0 atom stereocenters. The molecule has 0 saturated heterocycles. The Bertz CT molecular complexity index is 470. The molecule has 0 aliphatic rings. The van der Waals surface area contributed by atoms with E-state index in [9.17, 15) is 9.59 Å². The van der Waals surface area contributed by atoms with Crippen LogP contribution in [0.2, 0.25) is 0 Å². The van der Waals surface area contributed by atoms with Crippen molar-refractivity contribution < 1.29 is 24.2 Å². The van der Waals surface area contributed by atoms with E-state index >= 15 is 0 Å². The second kappa shape index (κ2) is 9.78. The van der Waals surface area contributed by atoms with E-state index in [4.69, 9.17) is 14.6 Å². The summed E-state index contributed by atoms with van der Waals surface area (Å²) in [6.45, 7) is 4.49. The standard InChI is InChI=1S/C16H23NO5/c1-12(2)21-10-8-15(18)17-9-7-13-3-5-14(6-4-13)22-11-16(19)20/h3-6,12H,7-11H2,1-2H3,(H,17,18)(H,19,20). The summed E-state index contributed by atoms with van der Waals surface area (Å²) in [6.07, 6.45) is 1.20. The van der Waals surface area contributed by atoms with Crippen molar-refractivity contribution in [1.29, 1.82) is 0 Å². The van der Waals surface area contributed by atoms with Crippen LogP contribution in [0.4, 0.5) is 0 Å². The van der Waals surface area contributed by atoms with E-state index in [1.807, 2.05) is 26.0 Å². The van der Waals surface area contributed by atoms with Gasteiger partial charge in [0.25, 0.3) is 0 Å². The van der Waals surface area contributed by atoms with Gasteiger partial charge in [0, 0.05) is 13.0 Å². The summed E-state index contributed by atoms with van der Waals surface area (Å²) < 4.78 is 10.4. The maximum atomic E-state index is 11.6. The summed E-state index contributed by atoms with van der Waals surface area (Å²) in [4.78, 5) is 21.9. The molecule has 0 aliphatic carbocycles. The molecule has 0 saturated carbocycles. The van der Waals surface area contributed by atoms with Crippen LogP contribution in [0, 0.1) is 0 Å². The quantitative estimate of drug-likeness (QED) is 0.686. The minimum absolute atomic E-state index is 0.0259. The van der Waals surface area contributed by atoms with Gasteiger partial charge in [0.05, 0.1) is 12.7 Å². The molecular formula is C16H23NO5. The number of aliphatic carboxylic acids is 1. The van der Waals surface area contributed by atoms with Gasteiger partial charge in [-0.2, -0.15) is 0 Å². The summed E-state index contributed by atoms with van der Waals surface area (Å²) in [5.74, 6) is -0.517. The lowest BCUT2D eigenvalue weighted by molar-refractivity contribution is -0.139. The zero-order valence-corrected chi connectivity index (χ0v) is 13.0. The lowest BCUT2D eigenvalue weighted by Crippen LogP contribution is -2.27. The maximum absolute atomic E-state index is 11.6. The number of carboxylic acid groups (broad SMARTS) is 1. The third-order valence-corrected chi connectivity index (χ3v) is 2.80. The van der Waals surface area contributed by atoms with Gasteiger partial charge in [-0.3, -0.25) is 4.79 Å². The first kappa shape index (κ1) is 18.0. The van der Waals surface area contributed by atoms with Crippen LogP contribution in [0.3, 0.4) is 0 Å². The summed E-state index contributed by atoms with van der Waals surface area (Å²) in [5, 5.41) is 11.3. The molecule has 122 valence electrons. The predicted molar refractivity (Wildman–Crippen MR) is 82.0 cm³/mol. The second-order valence-electron chi connectivity index (χ2n) is 5.10. The Morgan fingerprint density at radius 2 is 1.91 bits per heavy atom. The number of carboxylic acids is 1. The van der Waals surface area contributed by atoms with Gasteiger partial charge in [0.15, 0.2) is 6.61 Å². The van der Waals surface area contributed by atoms with Crippen LogP contribution in [0.15, 0.2) is 24.3 Å². The van der Waals surface area contributed by atoms with Crippen molar-refractivity contribution in [1.82, 2.24) is 5.32 Å². The molecule has 0 heterocycles. The monoisotopic (exact) mass is 309 g/mol. The zero-order valence-electron chi connectivity index (χ0n) is 13.0. The normalized spacial score (nSPS) is 10.5. The molecule has 6 nitrogen and oxygen atoms in total. The predicted octanol–water partition coefficient (Wildman–Crippen LogP) is 1.62.